The summed E-state index contributed by atoms with van der Waals surface area (Å²) in [5.41, 5.74) is 7.60. The Hall–Kier alpha value is -7.32. The SMILES string of the molecule is C[Si](C)(c1cocn1)C1([Si](C)(C)c2cocn2)c2ccccc2Oc2c1cccc2[Si](c1ccccc1)(c1ccccc1)c1cccc(-n2c3ccccc3n3c4ccccc4nc23)c1. The van der Waals surface area contributed by atoms with E-state index in [1.165, 1.54) is 20.7 Å². The molecule has 65 heavy (non-hydrogen) atoms. The molecular formula is C54H45N5O3Si3. The van der Waals surface area contributed by atoms with Crippen molar-refractivity contribution in [2.75, 3.05) is 0 Å². The second-order valence-corrected chi connectivity index (χ2v) is 31.4. The third-order valence-electron chi connectivity index (χ3n) is 14.4. The Morgan fingerprint density at radius 1 is 0.508 bits per heavy atom. The molecule has 0 bridgehead atoms. The smallest absolute Gasteiger partial charge is 0.220 e. The van der Waals surface area contributed by atoms with E-state index in [0.717, 1.165) is 66.8 Å². The normalized spacial score (nSPS) is 13.8. The minimum Gasteiger partial charge on any atom is -0.457 e. The highest BCUT2D eigenvalue weighted by molar-refractivity contribution is 7.20. The predicted molar refractivity (Wildman–Crippen MR) is 268 cm³/mol. The number of hydrogen-bond donors (Lipinski definition) is 0. The van der Waals surface area contributed by atoms with Crippen LogP contribution >= 0.6 is 0 Å². The van der Waals surface area contributed by atoms with Crippen LogP contribution in [0.3, 0.4) is 0 Å². The number of aromatic nitrogens is 5. The van der Waals surface area contributed by atoms with Crippen molar-refractivity contribution in [3.63, 3.8) is 0 Å². The van der Waals surface area contributed by atoms with E-state index in [2.05, 4.69) is 211 Å². The molecule has 0 fully saturated rings. The Bertz CT molecular complexity index is 3460. The molecule has 0 amide bonds. The van der Waals surface area contributed by atoms with E-state index in [-0.39, 0.29) is 0 Å². The van der Waals surface area contributed by atoms with Gasteiger partial charge in [-0.1, -0.05) is 160 Å². The van der Waals surface area contributed by atoms with Gasteiger partial charge in [0.15, 0.2) is 20.9 Å². The third kappa shape index (κ3) is 5.37. The molecular weight excluding hydrogens is 851 g/mol. The topological polar surface area (TPSA) is 83.5 Å². The van der Waals surface area contributed by atoms with Crippen LogP contribution in [-0.4, -0.2) is 48.1 Å². The minimum absolute atomic E-state index is 0.568. The van der Waals surface area contributed by atoms with E-state index in [9.17, 15) is 0 Å². The molecule has 0 atom stereocenters. The van der Waals surface area contributed by atoms with Crippen LogP contribution in [0.2, 0.25) is 26.2 Å². The molecule has 0 N–H and O–H groups in total. The quantitative estimate of drug-likeness (QED) is 0.107. The number of fused-ring (bicyclic) bond motifs is 7. The van der Waals surface area contributed by atoms with Gasteiger partial charge in [-0.15, -0.1) is 0 Å². The lowest BCUT2D eigenvalue weighted by Crippen LogP contribution is -2.77. The molecule has 12 rings (SSSR count). The summed E-state index contributed by atoms with van der Waals surface area (Å²) >= 11 is 0. The van der Waals surface area contributed by atoms with Crippen molar-refractivity contribution in [3.05, 3.63) is 212 Å². The van der Waals surface area contributed by atoms with Crippen LogP contribution in [-0.2, 0) is 4.66 Å². The average Bonchev–Trinajstić information content (AvgIpc) is 4.19. The van der Waals surface area contributed by atoms with E-state index in [1.54, 1.807) is 12.8 Å². The molecule has 316 valence electrons. The van der Waals surface area contributed by atoms with Gasteiger partial charge in [0.05, 0.1) is 32.7 Å². The predicted octanol–water partition coefficient (Wildman–Crippen LogP) is 8.49. The van der Waals surface area contributed by atoms with Crippen molar-refractivity contribution in [1.82, 2.24) is 23.9 Å². The number of rotatable bonds is 9. The molecule has 0 radical (unpaired) electrons. The fraction of sp³-hybridized carbons (Fsp3) is 0.0926. The molecule has 11 heteroatoms. The minimum atomic E-state index is -3.33. The lowest BCUT2D eigenvalue weighted by Gasteiger charge is -2.56. The Labute approximate surface area is 379 Å². The van der Waals surface area contributed by atoms with E-state index in [4.69, 9.17) is 28.5 Å². The Morgan fingerprint density at radius 3 is 1.72 bits per heavy atom. The second kappa shape index (κ2) is 14.6. The molecule has 7 aromatic carbocycles. The summed E-state index contributed by atoms with van der Waals surface area (Å²) in [5.74, 6) is 2.63. The van der Waals surface area contributed by atoms with Gasteiger partial charge in [-0.2, -0.15) is 0 Å². The first-order chi connectivity index (χ1) is 31.8. The standard InChI is InChI=1S/C54H45N5O3Si3/c1-63(2,50-34-60-36-55-50)54(64(3,4)51-35-61-37-56-51)42-25-11-16-31-48(42)62-52-43(54)26-18-32-49(52)65(39-20-7-5-8-21-39,40-22-9-6-10-23-40)41-24-17-19-38(33-41)58-46-29-14-15-30-47(46)59-45-28-13-12-27-44(45)57-53(58)59/h5-37H,1-4H3. The first kappa shape index (κ1) is 39.3. The van der Waals surface area contributed by atoms with E-state index >= 15 is 0 Å². The first-order valence-electron chi connectivity index (χ1n) is 22.0. The highest BCUT2D eigenvalue weighted by atomic mass is 28.4. The molecule has 1 aliphatic rings. The molecule has 0 saturated heterocycles. The molecule has 5 heterocycles. The van der Waals surface area contributed by atoms with Crippen LogP contribution < -0.4 is 36.1 Å². The molecule has 0 saturated carbocycles. The van der Waals surface area contributed by atoms with Crippen molar-refractivity contribution in [3.8, 4) is 17.2 Å². The van der Waals surface area contributed by atoms with E-state index < -0.39 is 28.9 Å². The summed E-state index contributed by atoms with van der Waals surface area (Å²) in [6.07, 6.45) is 6.89. The van der Waals surface area contributed by atoms with Crippen LogP contribution in [0.4, 0.5) is 0 Å². The highest BCUT2D eigenvalue weighted by Gasteiger charge is 2.66. The monoisotopic (exact) mass is 895 g/mol. The van der Waals surface area contributed by atoms with Crippen molar-refractivity contribution in [2.45, 2.75) is 30.8 Å². The summed E-state index contributed by atoms with van der Waals surface area (Å²) in [4.78, 5) is 15.3. The van der Waals surface area contributed by atoms with Crippen molar-refractivity contribution in [1.29, 1.82) is 0 Å². The zero-order valence-corrected chi connectivity index (χ0v) is 39.5. The van der Waals surface area contributed by atoms with Crippen molar-refractivity contribution >= 4 is 83.4 Å². The van der Waals surface area contributed by atoms with Gasteiger partial charge in [0.2, 0.25) is 5.78 Å². The number of para-hydroxylation sites is 6. The van der Waals surface area contributed by atoms with Gasteiger partial charge in [-0.3, -0.25) is 8.97 Å². The number of nitrogens with zero attached hydrogens (tertiary/aromatic N) is 5. The maximum Gasteiger partial charge on any atom is 0.220 e. The maximum absolute atomic E-state index is 7.58. The Kier molecular flexibility index (Phi) is 8.83. The summed E-state index contributed by atoms with van der Waals surface area (Å²) in [7, 11) is -8.94. The number of hydrogen-bond acceptors (Lipinski definition) is 6. The maximum atomic E-state index is 7.58. The second-order valence-electron chi connectivity index (χ2n) is 18.1. The van der Waals surface area contributed by atoms with Crippen molar-refractivity contribution < 1.29 is 13.6 Å². The molecule has 4 aromatic heterocycles. The van der Waals surface area contributed by atoms with Gasteiger partial charge >= 0.3 is 0 Å². The zero-order valence-electron chi connectivity index (χ0n) is 36.5. The van der Waals surface area contributed by atoms with E-state index in [1.807, 2.05) is 12.5 Å². The number of benzene rings is 7. The van der Waals surface area contributed by atoms with Gasteiger partial charge in [0.25, 0.3) is 0 Å². The van der Waals surface area contributed by atoms with Crippen LogP contribution in [0.5, 0.6) is 11.5 Å². The number of oxazole rings is 2. The average molecular weight is 896 g/mol. The fourth-order valence-electron chi connectivity index (χ4n) is 11.7. The number of imidazole rings is 2. The van der Waals surface area contributed by atoms with E-state index in [0.29, 0.717) is 0 Å². The molecule has 0 aliphatic carbocycles. The van der Waals surface area contributed by atoms with Crippen LogP contribution in [0.25, 0.3) is 33.5 Å². The molecule has 8 nitrogen and oxygen atoms in total. The van der Waals surface area contributed by atoms with Gasteiger partial charge in [0, 0.05) is 21.5 Å². The summed E-state index contributed by atoms with van der Waals surface area (Å²) in [6.45, 7) is 9.79. The summed E-state index contributed by atoms with van der Waals surface area (Å²) < 4.78 is 23.3. The highest BCUT2D eigenvalue weighted by Crippen LogP contribution is 2.56. The summed E-state index contributed by atoms with van der Waals surface area (Å²) in [5, 5.41) is 6.89. The zero-order chi connectivity index (χ0) is 44.0. The Morgan fingerprint density at radius 2 is 1.06 bits per heavy atom. The molecule has 0 spiro atoms. The van der Waals surface area contributed by atoms with Crippen LogP contribution in [0.1, 0.15) is 11.1 Å². The summed E-state index contributed by atoms with van der Waals surface area (Å²) in [6, 6.07) is 64.1. The van der Waals surface area contributed by atoms with Gasteiger partial charge < -0.3 is 13.6 Å². The van der Waals surface area contributed by atoms with Gasteiger partial charge in [-0.05, 0) is 63.2 Å². The van der Waals surface area contributed by atoms with Gasteiger partial charge in [0.1, 0.15) is 40.2 Å². The van der Waals surface area contributed by atoms with Crippen LogP contribution in [0, 0.1) is 0 Å². The lowest BCUT2D eigenvalue weighted by atomic mass is 9.98. The Balaban J connectivity index is 1.22. The molecule has 1 aliphatic heterocycles. The van der Waals surface area contributed by atoms with Gasteiger partial charge in [-0.25, -0.2) is 15.0 Å². The number of ether oxygens (including phenoxy) is 1. The molecule has 11 aromatic rings. The fourth-order valence-corrected chi connectivity index (χ4v) is 29.4. The van der Waals surface area contributed by atoms with Crippen molar-refractivity contribution in [2.24, 2.45) is 0 Å². The lowest BCUT2D eigenvalue weighted by molar-refractivity contribution is 0.453. The molecule has 0 unspecified atom stereocenters. The third-order valence-corrected chi connectivity index (χ3v) is 30.8. The van der Waals surface area contributed by atoms with Crippen LogP contribution in [0.15, 0.2) is 210 Å². The first-order valence-corrected chi connectivity index (χ1v) is 30.0. The largest absolute Gasteiger partial charge is 0.457 e.